The van der Waals surface area contributed by atoms with E-state index in [0.717, 1.165) is 17.7 Å². The molecule has 0 spiro atoms. The summed E-state index contributed by atoms with van der Waals surface area (Å²) in [6.45, 7) is 3.74. The molecule has 0 amide bonds. The normalized spacial score (nSPS) is 12.3. The molecular weight excluding hydrogens is 395 g/mol. The zero-order chi connectivity index (χ0) is 21.9. The summed E-state index contributed by atoms with van der Waals surface area (Å²) in [4.78, 5) is 8.82. The molecule has 0 saturated carbocycles. The predicted molar refractivity (Wildman–Crippen MR) is 120 cm³/mol. The van der Waals surface area contributed by atoms with E-state index in [0.29, 0.717) is 30.7 Å². The van der Waals surface area contributed by atoms with Crippen molar-refractivity contribution in [2.45, 2.75) is 19.4 Å². The van der Waals surface area contributed by atoms with Crippen LogP contribution in [-0.2, 0) is 6.54 Å². The van der Waals surface area contributed by atoms with Gasteiger partial charge in [0.25, 0.3) is 0 Å². The van der Waals surface area contributed by atoms with Gasteiger partial charge in [-0.25, -0.2) is 14.4 Å². The highest BCUT2D eigenvalue weighted by molar-refractivity contribution is 5.79. The van der Waals surface area contributed by atoms with Crippen LogP contribution in [0.1, 0.15) is 24.0 Å². The molecule has 1 aromatic heterocycles. The predicted octanol–water partition coefficient (Wildman–Crippen LogP) is 3.84. The van der Waals surface area contributed by atoms with Crippen LogP contribution in [-0.4, -0.2) is 35.7 Å². The molecule has 0 saturated heterocycles. The van der Waals surface area contributed by atoms with Gasteiger partial charge in [-0.1, -0.05) is 30.3 Å². The van der Waals surface area contributed by atoms with Crippen molar-refractivity contribution in [1.82, 2.24) is 15.6 Å². The quantitative estimate of drug-likeness (QED) is 0.361. The van der Waals surface area contributed by atoms with Crippen LogP contribution in [0.2, 0.25) is 0 Å². The fraction of sp³-hybridized carbons (Fsp3) is 0.250. The largest absolute Gasteiger partial charge is 0.439 e. The molecule has 1 atom stereocenters. The van der Waals surface area contributed by atoms with Gasteiger partial charge >= 0.3 is 0 Å². The third kappa shape index (κ3) is 7.08. The summed E-state index contributed by atoms with van der Waals surface area (Å²) in [6.07, 6.45) is 1.65. The van der Waals surface area contributed by atoms with Gasteiger partial charge in [0.1, 0.15) is 11.6 Å². The maximum atomic E-state index is 13.0. The Balaban J connectivity index is 1.62. The van der Waals surface area contributed by atoms with Gasteiger partial charge in [0.05, 0.1) is 13.2 Å². The number of aromatic nitrogens is 1. The van der Waals surface area contributed by atoms with Gasteiger partial charge in [-0.05, 0) is 48.4 Å². The minimum Gasteiger partial charge on any atom is -0.439 e. The first-order valence-electron chi connectivity index (χ1n) is 10.2. The van der Waals surface area contributed by atoms with Crippen molar-refractivity contribution in [3.63, 3.8) is 0 Å². The van der Waals surface area contributed by atoms with Crippen LogP contribution in [0.15, 0.2) is 77.9 Å². The number of aliphatic imine (C=N–C) groups is 1. The van der Waals surface area contributed by atoms with Gasteiger partial charge in [0.15, 0.2) is 5.96 Å². The number of hydrogen-bond donors (Lipinski definition) is 3. The molecule has 31 heavy (non-hydrogen) atoms. The standard InChI is InChI=1S/C24H27FN4O2/c1-2-26-24(29-16-20(17-30)19-6-4-3-5-7-19)28-15-18-12-13-27-23(14-18)31-22-10-8-21(25)9-11-22/h3-14,20,30H,2,15-17H2,1H3,(H2,26,28,29). The number of pyridine rings is 1. The molecule has 0 fully saturated rings. The minimum absolute atomic E-state index is 0.0262. The third-order valence-corrected chi connectivity index (χ3v) is 4.61. The van der Waals surface area contributed by atoms with Gasteiger partial charge in [-0.3, -0.25) is 0 Å². The number of nitrogens with zero attached hydrogens (tertiary/aromatic N) is 2. The molecule has 3 rings (SSSR count). The van der Waals surface area contributed by atoms with Gasteiger partial charge in [-0.2, -0.15) is 0 Å². The van der Waals surface area contributed by atoms with Crippen LogP contribution in [0, 0.1) is 5.82 Å². The van der Waals surface area contributed by atoms with E-state index in [1.165, 1.54) is 12.1 Å². The zero-order valence-corrected chi connectivity index (χ0v) is 17.5. The fourth-order valence-corrected chi connectivity index (χ4v) is 2.97. The lowest BCUT2D eigenvalue weighted by atomic mass is 10.0. The van der Waals surface area contributed by atoms with E-state index in [1.54, 1.807) is 24.4 Å². The molecule has 3 aromatic rings. The summed E-state index contributed by atoms with van der Waals surface area (Å²) in [7, 11) is 0. The third-order valence-electron chi connectivity index (χ3n) is 4.61. The summed E-state index contributed by atoms with van der Waals surface area (Å²) < 4.78 is 18.7. The van der Waals surface area contributed by atoms with Gasteiger partial charge in [0, 0.05) is 31.3 Å². The Hall–Kier alpha value is -3.45. The van der Waals surface area contributed by atoms with Crippen molar-refractivity contribution in [2.75, 3.05) is 19.7 Å². The Morgan fingerprint density at radius 2 is 1.87 bits per heavy atom. The Morgan fingerprint density at radius 3 is 2.58 bits per heavy atom. The first-order valence-corrected chi connectivity index (χ1v) is 10.2. The molecule has 1 heterocycles. The Kier molecular flexibility index (Phi) is 8.37. The molecule has 0 bridgehead atoms. The molecule has 6 nitrogen and oxygen atoms in total. The van der Waals surface area contributed by atoms with Crippen LogP contribution in [0.25, 0.3) is 0 Å². The summed E-state index contributed by atoms with van der Waals surface area (Å²) in [6, 6.07) is 19.4. The van der Waals surface area contributed by atoms with E-state index in [9.17, 15) is 9.50 Å². The number of nitrogens with one attached hydrogen (secondary N) is 2. The van der Waals surface area contributed by atoms with Crippen molar-refractivity contribution in [1.29, 1.82) is 0 Å². The molecule has 2 aromatic carbocycles. The molecular formula is C24H27FN4O2. The van der Waals surface area contributed by atoms with Crippen molar-refractivity contribution in [3.05, 3.63) is 89.9 Å². The van der Waals surface area contributed by atoms with Crippen molar-refractivity contribution in [2.24, 2.45) is 4.99 Å². The van der Waals surface area contributed by atoms with E-state index in [1.807, 2.05) is 43.3 Å². The monoisotopic (exact) mass is 422 g/mol. The summed E-state index contributed by atoms with van der Waals surface area (Å²) in [5.41, 5.74) is 2.00. The average Bonchev–Trinajstić information content (AvgIpc) is 2.80. The molecule has 0 aliphatic heterocycles. The molecule has 1 unspecified atom stereocenters. The summed E-state index contributed by atoms with van der Waals surface area (Å²) in [5.74, 6) is 1.25. The minimum atomic E-state index is -0.317. The zero-order valence-electron chi connectivity index (χ0n) is 17.5. The number of aliphatic hydroxyl groups is 1. The number of ether oxygens (including phenoxy) is 1. The van der Waals surface area contributed by atoms with E-state index in [-0.39, 0.29) is 18.3 Å². The van der Waals surface area contributed by atoms with Crippen molar-refractivity contribution in [3.8, 4) is 11.6 Å². The van der Waals surface area contributed by atoms with E-state index < -0.39 is 0 Å². The highest BCUT2D eigenvalue weighted by Crippen LogP contribution is 2.20. The van der Waals surface area contributed by atoms with Gasteiger partial charge < -0.3 is 20.5 Å². The summed E-state index contributed by atoms with van der Waals surface area (Å²) >= 11 is 0. The SMILES string of the molecule is CCNC(=NCc1ccnc(Oc2ccc(F)cc2)c1)NCC(CO)c1ccccc1. The Bertz CT molecular complexity index is 965. The van der Waals surface area contributed by atoms with Crippen LogP contribution in [0.3, 0.4) is 0 Å². The van der Waals surface area contributed by atoms with Crippen LogP contribution in [0.4, 0.5) is 4.39 Å². The van der Waals surface area contributed by atoms with Crippen LogP contribution >= 0.6 is 0 Å². The number of aliphatic hydroxyl groups excluding tert-OH is 1. The number of guanidine groups is 1. The Labute approximate surface area is 181 Å². The number of halogens is 1. The maximum Gasteiger partial charge on any atom is 0.219 e. The maximum absolute atomic E-state index is 13.0. The van der Waals surface area contributed by atoms with Crippen molar-refractivity contribution >= 4 is 5.96 Å². The van der Waals surface area contributed by atoms with Crippen molar-refractivity contribution < 1.29 is 14.2 Å². The smallest absolute Gasteiger partial charge is 0.219 e. The fourth-order valence-electron chi connectivity index (χ4n) is 2.97. The molecule has 7 heteroatoms. The van der Waals surface area contributed by atoms with Crippen LogP contribution in [0.5, 0.6) is 11.6 Å². The number of rotatable bonds is 9. The van der Waals surface area contributed by atoms with E-state index >= 15 is 0 Å². The lowest BCUT2D eigenvalue weighted by molar-refractivity contribution is 0.265. The highest BCUT2D eigenvalue weighted by Gasteiger charge is 2.11. The van der Waals surface area contributed by atoms with Gasteiger partial charge in [-0.15, -0.1) is 0 Å². The molecule has 3 N–H and O–H groups in total. The highest BCUT2D eigenvalue weighted by atomic mass is 19.1. The van der Waals surface area contributed by atoms with E-state index in [2.05, 4.69) is 20.6 Å². The molecule has 0 radical (unpaired) electrons. The van der Waals surface area contributed by atoms with E-state index in [4.69, 9.17) is 4.74 Å². The average molecular weight is 423 g/mol. The Morgan fingerprint density at radius 1 is 1.10 bits per heavy atom. The number of hydrogen-bond acceptors (Lipinski definition) is 4. The first kappa shape index (κ1) is 22.2. The number of benzene rings is 2. The van der Waals surface area contributed by atoms with Gasteiger partial charge in [0.2, 0.25) is 5.88 Å². The van der Waals surface area contributed by atoms with Crippen LogP contribution < -0.4 is 15.4 Å². The lowest BCUT2D eigenvalue weighted by Gasteiger charge is -2.18. The second-order valence-corrected chi connectivity index (χ2v) is 6.92. The second-order valence-electron chi connectivity index (χ2n) is 6.92. The second kappa shape index (κ2) is 11.7. The molecule has 162 valence electrons. The molecule has 0 aliphatic rings. The first-order chi connectivity index (χ1) is 15.2. The topological polar surface area (TPSA) is 78.8 Å². The molecule has 0 aliphatic carbocycles. The summed E-state index contributed by atoms with van der Waals surface area (Å²) in [5, 5.41) is 16.3. The lowest BCUT2D eigenvalue weighted by Crippen LogP contribution is -2.39.